The van der Waals surface area contributed by atoms with Crippen molar-refractivity contribution in [1.82, 2.24) is 5.32 Å². The summed E-state index contributed by atoms with van der Waals surface area (Å²) in [5.41, 5.74) is 7.15. The molecule has 21 heavy (non-hydrogen) atoms. The summed E-state index contributed by atoms with van der Waals surface area (Å²) in [6.45, 7) is 0.661. The van der Waals surface area contributed by atoms with Gasteiger partial charge in [0.1, 0.15) is 5.75 Å². The van der Waals surface area contributed by atoms with Gasteiger partial charge in [-0.3, -0.25) is 4.79 Å². The zero-order valence-corrected chi connectivity index (χ0v) is 13.3. The van der Waals surface area contributed by atoms with Crippen LogP contribution in [0.4, 0.5) is 0 Å². The number of hydrogen-bond acceptors (Lipinski definition) is 3. The SMILES string of the molecule is COc1cccc(CCNC(=O)C[C@@H]2CCC[C@H]2N)c1.Cl. The summed E-state index contributed by atoms with van der Waals surface area (Å²) in [6, 6.07) is 8.14. The standard InChI is InChI=1S/C16H24N2O2.ClH/c1-20-14-6-2-4-12(10-14)8-9-18-16(19)11-13-5-3-7-15(13)17;/h2,4,6,10,13,15H,3,5,7-9,11,17H2,1H3,(H,18,19);1H/t13-,15+;/m0./s1. The van der Waals surface area contributed by atoms with Crippen molar-refractivity contribution in [2.24, 2.45) is 11.7 Å². The van der Waals surface area contributed by atoms with E-state index in [9.17, 15) is 4.79 Å². The lowest BCUT2D eigenvalue weighted by atomic mass is 10.00. The van der Waals surface area contributed by atoms with Crippen molar-refractivity contribution in [1.29, 1.82) is 0 Å². The molecule has 0 bridgehead atoms. The molecule has 1 fully saturated rings. The van der Waals surface area contributed by atoms with Crippen molar-refractivity contribution < 1.29 is 9.53 Å². The highest BCUT2D eigenvalue weighted by Crippen LogP contribution is 2.26. The summed E-state index contributed by atoms with van der Waals surface area (Å²) in [5.74, 6) is 1.34. The summed E-state index contributed by atoms with van der Waals surface area (Å²) in [6.07, 6.45) is 4.69. The smallest absolute Gasteiger partial charge is 0.220 e. The lowest BCUT2D eigenvalue weighted by molar-refractivity contribution is -0.122. The third-order valence-electron chi connectivity index (χ3n) is 4.04. The minimum absolute atomic E-state index is 0. The average Bonchev–Trinajstić information content (AvgIpc) is 2.84. The number of amides is 1. The Labute approximate surface area is 132 Å². The molecule has 1 aromatic carbocycles. The van der Waals surface area contributed by atoms with Crippen LogP contribution in [0.15, 0.2) is 24.3 Å². The second-order valence-corrected chi connectivity index (χ2v) is 5.51. The van der Waals surface area contributed by atoms with Crippen molar-refractivity contribution in [3.63, 3.8) is 0 Å². The molecule has 0 saturated heterocycles. The maximum atomic E-state index is 11.9. The van der Waals surface area contributed by atoms with E-state index in [0.29, 0.717) is 18.9 Å². The van der Waals surface area contributed by atoms with Gasteiger partial charge in [0, 0.05) is 19.0 Å². The predicted octanol–water partition coefficient (Wildman–Crippen LogP) is 2.29. The van der Waals surface area contributed by atoms with Crippen LogP contribution in [-0.4, -0.2) is 25.6 Å². The number of rotatable bonds is 6. The fourth-order valence-corrected chi connectivity index (χ4v) is 2.80. The van der Waals surface area contributed by atoms with Crippen LogP contribution in [0.2, 0.25) is 0 Å². The molecule has 2 atom stereocenters. The Kier molecular flexibility index (Phi) is 7.54. The molecule has 0 radical (unpaired) electrons. The first-order valence-corrected chi connectivity index (χ1v) is 7.34. The Balaban J connectivity index is 0.00000220. The Morgan fingerprint density at radius 3 is 2.90 bits per heavy atom. The number of halogens is 1. The van der Waals surface area contributed by atoms with Gasteiger partial charge in [0.05, 0.1) is 7.11 Å². The van der Waals surface area contributed by atoms with E-state index >= 15 is 0 Å². The van der Waals surface area contributed by atoms with E-state index in [1.165, 1.54) is 5.56 Å². The third kappa shape index (κ3) is 5.56. The van der Waals surface area contributed by atoms with Crippen molar-refractivity contribution in [2.75, 3.05) is 13.7 Å². The molecule has 1 saturated carbocycles. The first-order valence-electron chi connectivity index (χ1n) is 7.34. The second kappa shape index (κ2) is 8.90. The van der Waals surface area contributed by atoms with Crippen LogP contribution in [0.1, 0.15) is 31.2 Å². The minimum atomic E-state index is 0. The Bertz CT molecular complexity index is 454. The molecule has 5 heteroatoms. The van der Waals surface area contributed by atoms with Crippen molar-refractivity contribution >= 4 is 18.3 Å². The molecule has 1 amide bonds. The highest BCUT2D eigenvalue weighted by atomic mass is 35.5. The number of carbonyl (C=O) groups is 1. The monoisotopic (exact) mass is 312 g/mol. The van der Waals surface area contributed by atoms with E-state index in [2.05, 4.69) is 5.32 Å². The Morgan fingerprint density at radius 2 is 2.24 bits per heavy atom. The van der Waals surface area contributed by atoms with Crippen LogP contribution in [0.3, 0.4) is 0 Å². The van der Waals surface area contributed by atoms with Crippen LogP contribution >= 0.6 is 12.4 Å². The Hall–Kier alpha value is -1.26. The number of hydrogen-bond donors (Lipinski definition) is 2. The van der Waals surface area contributed by atoms with Gasteiger partial charge in [-0.2, -0.15) is 0 Å². The zero-order chi connectivity index (χ0) is 14.4. The lowest BCUT2D eigenvalue weighted by Crippen LogP contribution is -2.32. The van der Waals surface area contributed by atoms with Gasteiger partial charge in [-0.15, -0.1) is 12.4 Å². The topological polar surface area (TPSA) is 64.3 Å². The van der Waals surface area contributed by atoms with Gasteiger partial charge in [0.15, 0.2) is 0 Å². The molecule has 0 heterocycles. The van der Waals surface area contributed by atoms with E-state index < -0.39 is 0 Å². The minimum Gasteiger partial charge on any atom is -0.497 e. The molecule has 1 aliphatic rings. The fourth-order valence-electron chi connectivity index (χ4n) is 2.80. The van der Waals surface area contributed by atoms with E-state index in [0.717, 1.165) is 31.4 Å². The maximum Gasteiger partial charge on any atom is 0.220 e. The summed E-state index contributed by atoms with van der Waals surface area (Å²) < 4.78 is 5.18. The van der Waals surface area contributed by atoms with Gasteiger partial charge in [-0.1, -0.05) is 18.6 Å². The van der Waals surface area contributed by atoms with E-state index in [1.54, 1.807) is 7.11 Å². The number of methoxy groups -OCH3 is 1. The van der Waals surface area contributed by atoms with Gasteiger partial charge in [-0.05, 0) is 42.9 Å². The van der Waals surface area contributed by atoms with Crippen molar-refractivity contribution in [3.05, 3.63) is 29.8 Å². The summed E-state index contributed by atoms with van der Waals surface area (Å²) in [5, 5.41) is 2.98. The first-order chi connectivity index (χ1) is 9.69. The quantitative estimate of drug-likeness (QED) is 0.847. The van der Waals surface area contributed by atoms with Gasteiger partial charge >= 0.3 is 0 Å². The van der Waals surface area contributed by atoms with E-state index in [-0.39, 0.29) is 24.4 Å². The fraction of sp³-hybridized carbons (Fsp3) is 0.562. The Morgan fingerprint density at radius 1 is 1.43 bits per heavy atom. The van der Waals surface area contributed by atoms with Gasteiger partial charge in [0.25, 0.3) is 0 Å². The number of nitrogens with two attached hydrogens (primary N) is 1. The predicted molar refractivity (Wildman–Crippen MR) is 86.9 cm³/mol. The summed E-state index contributed by atoms with van der Waals surface area (Å²) in [7, 11) is 1.66. The lowest BCUT2D eigenvalue weighted by Gasteiger charge is -2.14. The maximum absolute atomic E-state index is 11.9. The van der Waals surface area contributed by atoms with Crippen molar-refractivity contribution in [3.8, 4) is 5.75 Å². The van der Waals surface area contributed by atoms with Gasteiger partial charge < -0.3 is 15.8 Å². The van der Waals surface area contributed by atoms with E-state index in [1.807, 2.05) is 24.3 Å². The average molecular weight is 313 g/mol. The molecular weight excluding hydrogens is 288 g/mol. The van der Waals surface area contributed by atoms with Gasteiger partial charge in [0.2, 0.25) is 5.91 Å². The first kappa shape index (κ1) is 17.8. The molecule has 1 aromatic rings. The number of benzene rings is 1. The molecule has 3 N–H and O–H groups in total. The molecule has 0 aliphatic heterocycles. The van der Waals surface area contributed by atoms with Crippen LogP contribution in [0.25, 0.3) is 0 Å². The highest BCUT2D eigenvalue weighted by Gasteiger charge is 2.25. The van der Waals surface area contributed by atoms with Crippen molar-refractivity contribution in [2.45, 2.75) is 38.1 Å². The van der Waals surface area contributed by atoms with Gasteiger partial charge in [-0.25, -0.2) is 0 Å². The third-order valence-corrected chi connectivity index (χ3v) is 4.04. The summed E-state index contributed by atoms with van der Waals surface area (Å²) in [4.78, 5) is 11.9. The van der Waals surface area contributed by atoms with E-state index in [4.69, 9.17) is 10.5 Å². The number of ether oxygens (including phenoxy) is 1. The van der Waals surface area contributed by atoms with Crippen LogP contribution in [0.5, 0.6) is 5.75 Å². The molecule has 0 spiro atoms. The normalized spacial score (nSPS) is 20.7. The second-order valence-electron chi connectivity index (χ2n) is 5.51. The molecule has 0 unspecified atom stereocenters. The molecular formula is C16H25ClN2O2. The largest absolute Gasteiger partial charge is 0.497 e. The van der Waals surface area contributed by atoms with Crippen LogP contribution in [0, 0.1) is 5.92 Å². The molecule has 118 valence electrons. The molecule has 4 nitrogen and oxygen atoms in total. The van der Waals surface area contributed by atoms with Crippen LogP contribution < -0.4 is 15.8 Å². The molecule has 1 aliphatic carbocycles. The number of nitrogens with one attached hydrogen (secondary N) is 1. The summed E-state index contributed by atoms with van der Waals surface area (Å²) >= 11 is 0. The van der Waals surface area contributed by atoms with Crippen LogP contribution in [-0.2, 0) is 11.2 Å². The molecule has 2 rings (SSSR count). The zero-order valence-electron chi connectivity index (χ0n) is 12.5. The highest BCUT2D eigenvalue weighted by molar-refractivity contribution is 5.85. The number of carbonyl (C=O) groups excluding carboxylic acids is 1. The molecule has 0 aromatic heterocycles.